The van der Waals surface area contributed by atoms with E-state index in [4.69, 9.17) is 14.6 Å². The third kappa shape index (κ3) is 4.12. The molecule has 4 aliphatic heterocycles. The molecule has 2 saturated heterocycles. The average Bonchev–Trinajstić information content (AvgIpc) is 3.18. The van der Waals surface area contributed by atoms with Gasteiger partial charge in [0.15, 0.2) is 0 Å². The van der Waals surface area contributed by atoms with Crippen LogP contribution in [-0.4, -0.2) is 77.2 Å². The summed E-state index contributed by atoms with van der Waals surface area (Å²) < 4.78 is 9.85. The second kappa shape index (κ2) is 10.3. The fourth-order valence-electron chi connectivity index (χ4n) is 5.95. The van der Waals surface area contributed by atoms with E-state index in [1.165, 1.54) is 0 Å². The van der Waals surface area contributed by atoms with Crippen molar-refractivity contribution < 1.29 is 29.0 Å². The molecule has 192 valence electrons. The first kappa shape index (κ1) is 24.9. The van der Waals surface area contributed by atoms with Crippen molar-refractivity contribution >= 4 is 35.2 Å². The fraction of sp³-hybridized carbons (Fsp3) is 0.519. The number of unbranched alkanes of at least 4 members (excludes halogenated alkanes) is 3. The highest BCUT2D eigenvalue weighted by atomic mass is 32.2. The van der Waals surface area contributed by atoms with Crippen molar-refractivity contribution in [2.75, 3.05) is 38.3 Å². The van der Waals surface area contributed by atoms with E-state index in [0.29, 0.717) is 25.3 Å². The Bertz CT molecular complexity index is 1070. The van der Waals surface area contributed by atoms with E-state index in [1.54, 1.807) is 28.7 Å². The zero-order valence-corrected chi connectivity index (χ0v) is 21.2. The van der Waals surface area contributed by atoms with E-state index in [9.17, 15) is 14.4 Å². The van der Waals surface area contributed by atoms with Crippen molar-refractivity contribution in [2.24, 2.45) is 11.8 Å². The highest BCUT2D eigenvalue weighted by molar-refractivity contribution is 8.02. The molecular weight excluding hydrogens is 480 g/mol. The Morgan fingerprint density at radius 3 is 2.61 bits per heavy atom. The molecule has 9 heteroatoms. The number of thioether (sulfide) groups is 1. The summed E-state index contributed by atoms with van der Waals surface area (Å²) >= 11 is 1.55. The van der Waals surface area contributed by atoms with Crippen molar-refractivity contribution in [3.63, 3.8) is 0 Å². The Morgan fingerprint density at radius 1 is 1.08 bits per heavy atom. The number of anilines is 1. The second-order valence-electron chi connectivity index (χ2n) is 9.62. The minimum atomic E-state index is -0.837. The van der Waals surface area contributed by atoms with E-state index in [-0.39, 0.29) is 36.2 Å². The Morgan fingerprint density at radius 2 is 1.86 bits per heavy atom. The number of carbonyl (C=O) groups is 3. The van der Waals surface area contributed by atoms with Gasteiger partial charge >= 0.3 is 5.97 Å². The first-order valence-electron chi connectivity index (χ1n) is 12.6. The molecule has 0 aliphatic carbocycles. The van der Waals surface area contributed by atoms with Gasteiger partial charge in [0.2, 0.25) is 5.91 Å². The van der Waals surface area contributed by atoms with E-state index in [1.807, 2.05) is 48.6 Å². The second-order valence-corrected chi connectivity index (χ2v) is 11.1. The lowest BCUT2D eigenvalue weighted by Gasteiger charge is -2.35. The van der Waals surface area contributed by atoms with Crippen molar-refractivity contribution in [3.8, 4) is 5.75 Å². The number of aliphatic hydroxyl groups excluding tert-OH is 1. The molecule has 4 heterocycles. The van der Waals surface area contributed by atoms with Crippen LogP contribution in [0.3, 0.4) is 0 Å². The highest BCUT2D eigenvalue weighted by Gasteiger charge is 2.71. The molecule has 0 aromatic heterocycles. The number of ether oxygens (including phenoxy) is 2. The first-order chi connectivity index (χ1) is 17.5. The summed E-state index contributed by atoms with van der Waals surface area (Å²) in [6.45, 7) is 1.17. The Balaban J connectivity index is 1.51. The van der Waals surface area contributed by atoms with E-state index < -0.39 is 22.6 Å². The number of nitrogens with zero attached hydrogens (tertiary/aromatic N) is 2. The van der Waals surface area contributed by atoms with E-state index in [0.717, 1.165) is 24.9 Å². The third-order valence-corrected chi connectivity index (χ3v) is 9.35. The van der Waals surface area contributed by atoms with E-state index >= 15 is 0 Å². The van der Waals surface area contributed by atoms with Crippen LogP contribution in [0, 0.1) is 11.8 Å². The molecule has 4 aliphatic rings. The molecular formula is C27H32N2O6S. The van der Waals surface area contributed by atoms with Crippen LogP contribution in [0.2, 0.25) is 0 Å². The van der Waals surface area contributed by atoms with Gasteiger partial charge in [0.1, 0.15) is 18.4 Å². The van der Waals surface area contributed by atoms with Crippen molar-refractivity contribution in [2.45, 2.75) is 41.7 Å². The van der Waals surface area contributed by atoms with Gasteiger partial charge in [0, 0.05) is 30.6 Å². The molecule has 36 heavy (non-hydrogen) atoms. The molecule has 1 unspecified atom stereocenters. The van der Waals surface area contributed by atoms with Crippen LogP contribution in [0.25, 0.3) is 0 Å². The van der Waals surface area contributed by atoms with Crippen LogP contribution in [-0.2, 0) is 19.1 Å². The summed E-state index contributed by atoms with van der Waals surface area (Å²) in [5.41, 5.74) is 0.734. The number of likely N-dealkylation sites (tertiary alicyclic amines) is 1. The number of methoxy groups -OCH3 is 1. The Hall–Kier alpha value is -2.78. The van der Waals surface area contributed by atoms with Gasteiger partial charge in [0.25, 0.3) is 5.91 Å². The van der Waals surface area contributed by atoms with Gasteiger partial charge in [-0.15, -0.1) is 11.8 Å². The molecule has 2 fully saturated rings. The number of carbonyl (C=O) groups excluding carboxylic acids is 3. The number of amides is 2. The maximum absolute atomic E-state index is 14.2. The number of cyclic esters (lactones) is 1. The van der Waals surface area contributed by atoms with Gasteiger partial charge < -0.3 is 24.4 Å². The largest absolute Gasteiger partial charge is 0.497 e. The lowest BCUT2D eigenvalue weighted by atomic mass is 9.78. The normalized spacial score (nSPS) is 31.0. The van der Waals surface area contributed by atoms with Gasteiger partial charge in [-0.25, -0.2) is 0 Å². The van der Waals surface area contributed by atoms with Crippen molar-refractivity contribution in [1.29, 1.82) is 0 Å². The van der Waals surface area contributed by atoms with Crippen LogP contribution in [0.4, 0.5) is 5.69 Å². The zero-order valence-electron chi connectivity index (χ0n) is 20.4. The lowest BCUT2D eigenvalue weighted by Crippen LogP contribution is -2.53. The molecule has 5 rings (SSSR count). The number of fused-ring (bicyclic) bond motifs is 2. The van der Waals surface area contributed by atoms with Crippen LogP contribution >= 0.6 is 11.8 Å². The molecule has 0 radical (unpaired) electrons. The molecule has 0 bridgehead atoms. The molecule has 5 atom stereocenters. The molecule has 0 saturated carbocycles. The van der Waals surface area contributed by atoms with Gasteiger partial charge in [-0.2, -0.15) is 0 Å². The first-order valence-corrected chi connectivity index (χ1v) is 13.5. The minimum Gasteiger partial charge on any atom is -0.497 e. The summed E-state index contributed by atoms with van der Waals surface area (Å²) in [7, 11) is 1.60. The maximum Gasteiger partial charge on any atom is 0.311 e. The quantitative estimate of drug-likeness (QED) is 0.325. The topological polar surface area (TPSA) is 96.4 Å². The van der Waals surface area contributed by atoms with Crippen LogP contribution in [0.1, 0.15) is 25.7 Å². The fourth-order valence-corrected chi connectivity index (χ4v) is 7.95. The number of rotatable bonds is 8. The zero-order chi connectivity index (χ0) is 25.3. The van der Waals surface area contributed by atoms with Gasteiger partial charge in [-0.1, -0.05) is 37.1 Å². The van der Waals surface area contributed by atoms with Crippen molar-refractivity contribution in [1.82, 2.24) is 4.90 Å². The number of hydrogen-bond donors (Lipinski definition) is 1. The lowest BCUT2D eigenvalue weighted by molar-refractivity contribution is -0.151. The minimum absolute atomic E-state index is 0.141. The van der Waals surface area contributed by atoms with Gasteiger partial charge in [-0.05, 0) is 37.1 Å². The number of hydrogen-bond acceptors (Lipinski definition) is 7. The smallest absolute Gasteiger partial charge is 0.311 e. The molecule has 1 aromatic carbocycles. The van der Waals surface area contributed by atoms with Crippen LogP contribution in [0.5, 0.6) is 5.75 Å². The maximum atomic E-state index is 14.2. The van der Waals surface area contributed by atoms with Crippen LogP contribution in [0.15, 0.2) is 48.6 Å². The predicted molar refractivity (Wildman–Crippen MR) is 137 cm³/mol. The Labute approximate surface area is 215 Å². The molecule has 1 aromatic rings. The Kier molecular flexibility index (Phi) is 7.12. The van der Waals surface area contributed by atoms with Gasteiger partial charge in [-0.3, -0.25) is 14.4 Å². The van der Waals surface area contributed by atoms with Crippen molar-refractivity contribution in [3.05, 3.63) is 48.6 Å². The standard InChI is InChI=1S/C27H32N2O6S/c1-34-19-11-9-18(10-12-19)28-15-7-13-27-22(21-20(36-27)8-6-17-35-26(21)33)24(31)29(23(27)25(28)32)14-4-2-3-5-16-30/h6-13,20-23,30H,2-5,14-17H2,1H3/t20-,21+,22+,23?,27+/m1/s1. The molecule has 1 N–H and O–H groups in total. The van der Waals surface area contributed by atoms with Gasteiger partial charge in [0.05, 0.1) is 23.7 Å². The van der Waals surface area contributed by atoms with Crippen LogP contribution < -0.4 is 9.64 Å². The highest BCUT2D eigenvalue weighted by Crippen LogP contribution is 2.61. The summed E-state index contributed by atoms with van der Waals surface area (Å²) in [5, 5.41) is 8.88. The summed E-state index contributed by atoms with van der Waals surface area (Å²) in [4.78, 5) is 44.7. The monoisotopic (exact) mass is 512 g/mol. The molecule has 8 nitrogen and oxygen atoms in total. The average molecular weight is 513 g/mol. The summed E-state index contributed by atoms with van der Waals surface area (Å²) in [5.74, 6) is -1.23. The SMILES string of the molecule is COc1ccc(N2CC=C[C@]34S[C@@H]5C=CCOC(=O)[C@@H]5[C@H]3C(=O)N(CCCCCCO)C4C2=O)cc1. The predicted octanol–water partition coefficient (Wildman–Crippen LogP) is 2.56. The number of esters is 1. The summed E-state index contributed by atoms with van der Waals surface area (Å²) in [6, 6.07) is 6.62. The summed E-state index contributed by atoms with van der Waals surface area (Å²) in [6.07, 6.45) is 10.9. The third-order valence-electron chi connectivity index (χ3n) is 7.60. The van der Waals surface area contributed by atoms with E-state index in [2.05, 4.69) is 0 Å². The number of benzene rings is 1. The number of aliphatic hydroxyl groups is 1. The molecule has 2 amide bonds. The molecule has 1 spiro atoms.